The Morgan fingerprint density at radius 3 is 2.46 bits per heavy atom. The number of carbonyl (C=O) groups is 2. The van der Waals surface area contributed by atoms with Crippen molar-refractivity contribution in [2.24, 2.45) is 0 Å². The van der Waals surface area contributed by atoms with Gasteiger partial charge in [0.05, 0.1) is 6.54 Å². The fourth-order valence-electron chi connectivity index (χ4n) is 3.09. The Labute approximate surface area is 168 Å². The molecule has 8 heteroatoms. The molecule has 1 atom stereocenters. The molecular formula is C20H22ClFN2O4. The largest absolute Gasteiger partial charge is 0.480 e. The fraction of sp³-hybridized carbons (Fsp3) is 0.300. The molecule has 1 unspecified atom stereocenters. The van der Waals surface area contributed by atoms with Crippen molar-refractivity contribution in [3.8, 4) is 0 Å². The van der Waals surface area contributed by atoms with Crippen molar-refractivity contribution >= 4 is 24.5 Å². The second-order valence-electron chi connectivity index (χ2n) is 6.44. The number of carboxylic acid groups (broad SMARTS) is 1. The van der Waals surface area contributed by atoms with E-state index in [1.165, 1.54) is 17.0 Å². The summed E-state index contributed by atoms with van der Waals surface area (Å²) in [6.07, 6.45) is -0.532. The number of carboxylic acids is 1. The molecule has 1 aliphatic heterocycles. The molecule has 1 saturated heterocycles. The second kappa shape index (κ2) is 10.1. The van der Waals surface area contributed by atoms with Crippen LogP contribution in [-0.2, 0) is 22.7 Å². The van der Waals surface area contributed by atoms with Gasteiger partial charge in [-0.3, -0.25) is 9.69 Å². The van der Waals surface area contributed by atoms with Gasteiger partial charge in [0.2, 0.25) is 0 Å². The molecule has 2 aromatic rings. The number of halogens is 2. The molecule has 0 bridgehead atoms. The summed E-state index contributed by atoms with van der Waals surface area (Å²) in [7, 11) is 0. The quantitative estimate of drug-likeness (QED) is 0.823. The van der Waals surface area contributed by atoms with Crippen LogP contribution >= 0.6 is 12.4 Å². The molecule has 28 heavy (non-hydrogen) atoms. The van der Waals surface area contributed by atoms with Gasteiger partial charge in [0.25, 0.3) is 0 Å². The monoisotopic (exact) mass is 408 g/mol. The number of piperazine rings is 1. The van der Waals surface area contributed by atoms with E-state index in [1.807, 2.05) is 30.3 Å². The summed E-state index contributed by atoms with van der Waals surface area (Å²) in [5.41, 5.74) is 1.56. The minimum Gasteiger partial charge on any atom is -0.480 e. The Kier molecular flexibility index (Phi) is 7.78. The Morgan fingerprint density at radius 2 is 1.79 bits per heavy atom. The van der Waals surface area contributed by atoms with Gasteiger partial charge in [-0.2, -0.15) is 0 Å². The van der Waals surface area contributed by atoms with Gasteiger partial charge >= 0.3 is 12.1 Å². The summed E-state index contributed by atoms with van der Waals surface area (Å²) in [6, 6.07) is 14.5. The third-order valence-corrected chi connectivity index (χ3v) is 4.51. The molecule has 1 aliphatic rings. The zero-order chi connectivity index (χ0) is 19.2. The van der Waals surface area contributed by atoms with Crippen molar-refractivity contribution in [3.63, 3.8) is 0 Å². The minimum atomic E-state index is -1.02. The molecule has 0 saturated carbocycles. The van der Waals surface area contributed by atoms with Crippen LogP contribution in [0.25, 0.3) is 0 Å². The smallest absolute Gasteiger partial charge is 0.410 e. The number of nitrogens with zero attached hydrogens (tertiary/aromatic N) is 2. The average molecular weight is 409 g/mol. The maximum atomic E-state index is 13.4. The van der Waals surface area contributed by atoms with Gasteiger partial charge in [0.15, 0.2) is 0 Å². The first-order valence-electron chi connectivity index (χ1n) is 8.70. The van der Waals surface area contributed by atoms with E-state index in [-0.39, 0.29) is 31.4 Å². The first-order valence-corrected chi connectivity index (χ1v) is 8.70. The summed E-state index contributed by atoms with van der Waals surface area (Å²) >= 11 is 0. The maximum Gasteiger partial charge on any atom is 0.410 e. The maximum absolute atomic E-state index is 13.4. The molecule has 1 amide bonds. The Hall–Kier alpha value is -2.64. The van der Waals surface area contributed by atoms with Gasteiger partial charge in [-0.05, 0) is 23.3 Å². The molecule has 1 heterocycles. The number of carbonyl (C=O) groups excluding carboxylic acids is 1. The molecule has 6 nitrogen and oxygen atoms in total. The highest BCUT2D eigenvalue weighted by molar-refractivity contribution is 5.85. The predicted molar refractivity (Wildman–Crippen MR) is 104 cm³/mol. The molecule has 2 aromatic carbocycles. The van der Waals surface area contributed by atoms with E-state index in [2.05, 4.69) is 0 Å². The van der Waals surface area contributed by atoms with Crippen LogP contribution in [0.15, 0.2) is 54.6 Å². The Bertz CT molecular complexity index is 806. The lowest BCUT2D eigenvalue weighted by Gasteiger charge is -2.38. The van der Waals surface area contributed by atoms with Gasteiger partial charge in [-0.15, -0.1) is 12.4 Å². The zero-order valence-electron chi connectivity index (χ0n) is 15.2. The number of hydrogen-bond acceptors (Lipinski definition) is 4. The molecule has 150 valence electrons. The molecule has 3 rings (SSSR count). The van der Waals surface area contributed by atoms with Crippen LogP contribution in [0.5, 0.6) is 0 Å². The third kappa shape index (κ3) is 5.68. The van der Waals surface area contributed by atoms with Gasteiger partial charge < -0.3 is 14.7 Å². The topological polar surface area (TPSA) is 70.1 Å². The number of aliphatic carboxylic acids is 1. The van der Waals surface area contributed by atoms with Crippen LogP contribution < -0.4 is 0 Å². The van der Waals surface area contributed by atoms with Crippen molar-refractivity contribution in [2.75, 3.05) is 19.6 Å². The van der Waals surface area contributed by atoms with Crippen LogP contribution in [0.3, 0.4) is 0 Å². The molecule has 1 N–H and O–H groups in total. The van der Waals surface area contributed by atoms with Gasteiger partial charge in [0.1, 0.15) is 18.5 Å². The van der Waals surface area contributed by atoms with E-state index in [0.717, 1.165) is 5.56 Å². The standard InChI is InChI=1S/C20H21FN2O4.ClH/c21-17-8-4-7-16(11-17)12-22-9-10-23(13-18(22)19(24)25)20(26)27-14-15-5-2-1-3-6-15;/h1-8,11,18H,9-10,12-14H2,(H,24,25);1H. The van der Waals surface area contributed by atoms with Crippen molar-refractivity contribution < 1.29 is 23.8 Å². The average Bonchev–Trinajstić information content (AvgIpc) is 2.67. The highest BCUT2D eigenvalue weighted by Gasteiger charge is 2.34. The lowest BCUT2D eigenvalue weighted by atomic mass is 10.1. The van der Waals surface area contributed by atoms with Gasteiger partial charge in [0, 0.05) is 19.6 Å². The van der Waals surface area contributed by atoms with Crippen molar-refractivity contribution in [1.29, 1.82) is 0 Å². The van der Waals surface area contributed by atoms with E-state index in [1.54, 1.807) is 17.0 Å². The molecule has 0 aromatic heterocycles. The van der Waals surface area contributed by atoms with Gasteiger partial charge in [-0.1, -0.05) is 42.5 Å². The molecular weight excluding hydrogens is 387 g/mol. The van der Waals surface area contributed by atoms with Crippen molar-refractivity contribution in [3.05, 3.63) is 71.5 Å². The number of benzene rings is 2. The molecule has 1 fully saturated rings. The summed E-state index contributed by atoms with van der Waals surface area (Å²) in [5, 5.41) is 9.55. The van der Waals surface area contributed by atoms with Crippen LogP contribution in [-0.4, -0.2) is 52.6 Å². The van der Waals surface area contributed by atoms with Crippen molar-refractivity contribution in [1.82, 2.24) is 9.80 Å². The number of hydrogen-bond donors (Lipinski definition) is 1. The summed E-state index contributed by atoms with van der Waals surface area (Å²) < 4.78 is 18.7. The van der Waals surface area contributed by atoms with Crippen LogP contribution in [0.2, 0.25) is 0 Å². The first kappa shape index (κ1) is 21.7. The number of ether oxygens (including phenoxy) is 1. The Morgan fingerprint density at radius 1 is 1.07 bits per heavy atom. The summed E-state index contributed by atoms with van der Waals surface area (Å²) in [4.78, 5) is 27.1. The number of rotatable bonds is 5. The van der Waals surface area contributed by atoms with Gasteiger partial charge in [-0.25, -0.2) is 9.18 Å². The first-order chi connectivity index (χ1) is 13.0. The summed E-state index contributed by atoms with van der Waals surface area (Å²) in [5.74, 6) is -1.38. The normalized spacial score (nSPS) is 16.9. The molecule has 0 spiro atoms. The number of amides is 1. The molecule has 0 aliphatic carbocycles. The lowest BCUT2D eigenvalue weighted by molar-refractivity contribution is -0.145. The zero-order valence-corrected chi connectivity index (χ0v) is 16.0. The summed E-state index contributed by atoms with van der Waals surface area (Å²) in [6.45, 7) is 1.20. The lowest BCUT2D eigenvalue weighted by Crippen LogP contribution is -2.57. The van der Waals surface area contributed by atoms with Crippen LogP contribution in [0.4, 0.5) is 9.18 Å². The highest BCUT2D eigenvalue weighted by Crippen LogP contribution is 2.16. The van der Waals surface area contributed by atoms with E-state index >= 15 is 0 Å². The highest BCUT2D eigenvalue weighted by atomic mass is 35.5. The SMILES string of the molecule is Cl.O=C(O)C1CN(C(=O)OCc2ccccc2)CCN1Cc1cccc(F)c1. The van der Waals surface area contributed by atoms with E-state index < -0.39 is 18.1 Å². The third-order valence-electron chi connectivity index (χ3n) is 4.51. The van der Waals surface area contributed by atoms with Crippen molar-refractivity contribution in [2.45, 2.75) is 19.2 Å². The Balaban J connectivity index is 0.00000280. The van der Waals surface area contributed by atoms with E-state index in [4.69, 9.17) is 4.74 Å². The van der Waals surface area contributed by atoms with Crippen LogP contribution in [0, 0.1) is 5.82 Å². The predicted octanol–water partition coefficient (Wildman–Crippen LogP) is 3.16. The van der Waals surface area contributed by atoms with E-state index in [9.17, 15) is 19.1 Å². The minimum absolute atomic E-state index is 0. The van der Waals surface area contributed by atoms with Crippen LogP contribution in [0.1, 0.15) is 11.1 Å². The fourth-order valence-corrected chi connectivity index (χ4v) is 3.09. The van der Waals surface area contributed by atoms with E-state index in [0.29, 0.717) is 25.2 Å². The second-order valence-corrected chi connectivity index (χ2v) is 6.44. The molecule has 0 radical (unpaired) electrons.